The average Bonchev–Trinajstić information content (AvgIpc) is 3.10. The monoisotopic (exact) mass is 638 g/mol. The summed E-state index contributed by atoms with van der Waals surface area (Å²) in [7, 11) is 1.94. The number of benzene rings is 4. The summed E-state index contributed by atoms with van der Waals surface area (Å²) in [5, 5.41) is 32.9. The Kier molecular flexibility index (Phi) is 11.8. The van der Waals surface area contributed by atoms with E-state index in [0.29, 0.717) is 31.6 Å². The maximum absolute atomic E-state index is 11.8. The van der Waals surface area contributed by atoms with Crippen molar-refractivity contribution in [2.45, 2.75) is 44.2 Å². The van der Waals surface area contributed by atoms with Crippen LogP contribution < -0.4 is 5.32 Å². The smallest absolute Gasteiger partial charge is 0.407 e. The minimum absolute atomic E-state index is 0.0273. The van der Waals surface area contributed by atoms with Crippen LogP contribution in [0.5, 0.6) is 5.75 Å². The van der Waals surface area contributed by atoms with E-state index in [1.165, 1.54) is 6.08 Å². The second kappa shape index (κ2) is 16.4. The number of nitrogens with zero attached hydrogens (tertiary/aromatic N) is 1. The van der Waals surface area contributed by atoms with E-state index in [-0.39, 0.29) is 31.2 Å². The predicted octanol–water partition coefficient (Wildman–Crippen LogP) is 6.17. The van der Waals surface area contributed by atoms with Gasteiger partial charge in [0.1, 0.15) is 12.4 Å². The molecule has 246 valence electrons. The predicted molar refractivity (Wildman–Crippen MR) is 179 cm³/mol. The quantitative estimate of drug-likeness (QED) is 0.128. The molecule has 9 nitrogen and oxygen atoms in total. The largest absolute Gasteiger partial charge is 0.508 e. The molecule has 1 fully saturated rings. The zero-order chi connectivity index (χ0) is 33.2. The highest BCUT2D eigenvalue weighted by molar-refractivity contribution is 5.68. The molecule has 4 aromatic rings. The average molecular weight is 639 g/mol. The fourth-order valence-electron chi connectivity index (χ4n) is 5.64. The topological polar surface area (TPSA) is 121 Å². The van der Waals surface area contributed by atoms with Crippen molar-refractivity contribution in [3.8, 4) is 16.9 Å². The lowest BCUT2D eigenvalue weighted by atomic mass is 9.99. The molecule has 5 rings (SSSR count). The number of aliphatic hydroxyl groups is 2. The Morgan fingerprint density at radius 1 is 0.979 bits per heavy atom. The van der Waals surface area contributed by atoms with Gasteiger partial charge in [-0.1, -0.05) is 91.5 Å². The molecule has 0 radical (unpaired) electrons. The molecule has 4 aromatic carbocycles. The molecule has 0 bridgehead atoms. The van der Waals surface area contributed by atoms with Gasteiger partial charge in [-0.3, -0.25) is 0 Å². The summed E-state index contributed by atoms with van der Waals surface area (Å²) in [6.07, 6.45) is -0.177. The first kappa shape index (κ1) is 33.8. The minimum atomic E-state index is -0.766. The summed E-state index contributed by atoms with van der Waals surface area (Å²) in [5.74, 6) is 0.118. The molecule has 0 aliphatic carbocycles. The number of rotatable bonds is 13. The molecule has 4 atom stereocenters. The van der Waals surface area contributed by atoms with Gasteiger partial charge in [0.05, 0.1) is 24.9 Å². The van der Waals surface area contributed by atoms with E-state index < -0.39 is 18.5 Å². The van der Waals surface area contributed by atoms with Crippen LogP contribution in [0.3, 0.4) is 0 Å². The van der Waals surface area contributed by atoms with Crippen LogP contribution in [0.2, 0.25) is 0 Å². The molecule has 9 heteroatoms. The third-order valence-corrected chi connectivity index (χ3v) is 8.08. The van der Waals surface area contributed by atoms with Crippen LogP contribution in [0.1, 0.15) is 52.7 Å². The highest BCUT2D eigenvalue weighted by Gasteiger charge is 2.33. The summed E-state index contributed by atoms with van der Waals surface area (Å²) < 4.78 is 18.0. The van der Waals surface area contributed by atoms with E-state index in [0.717, 1.165) is 33.4 Å². The van der Waals surface area contributed by atoms with Gasteiger partial charge in [-0.25, -0.2) is 4.79 Å². The number of alkyl carbamates (subject to hydrolysis) is 1. The van der Waals surface area contributed by atoms with Gasteiger partial charge in [-0.15, -0.1) is 0 Å². The molecule has 1 aliphatic rings. The molecule has 47 heavy (non-hydrogen) atoms. The fourth-order valence-corrected chi connectivity index (χ4v) is 5.64. The standard InChI is InChI=1S/C38H42N2O7/c1-3-18-45-38(44)39-22-27-6-4-7-31(19-27)28-14-16-30(17-15-28)37-46-34(21-36(47-37)29-12-10-26(25-41)11-13-29)23-40(2)24-35(43)32-8-5-9-33(42)20-32/h3-17,19-20,34-37,41-43H,1,18,21-25H2,2H3,(H,39,44)/t34-,35+,36+,37+/m0/s1. The summed E-state index contributed by atoms with van der Waals surface area (Å²) in [5.41, 5.74) is 6.31. The number of amides is 1. The number of phenolic OH excluding ortho intramolecular Hbond substituents is 1. The van der Waals surface area contributed by atoms with Crippen LogP contribution in [-0.4, -0.2) is 59.2 Å². The Morgan fingerprint density at radius 2 is 1.72 bits per heavy atom. The molecule has 1 saturated heterocycles. The number of aromatic hydroxyl groups is 1. The molecular formula is C38H42N2O7. The van der Waals surface area contributed by atoms with Crippen molar-refractivity contribution in [1.82, 2.24) is 10.2 Å². The Labute approximate surface area is 275 Å². The summed E-state index contributed by atoms with van der Waals surface area (Å²) in [6, 6.07) is 30.4. The zero-order valence-electron chi connectivity index (χ0n) is 26.5. The maximum Gasteiger partial charge on any atom is 0.407 e. The Balaban J connectivity index is 1.29. The van der Waals surface area contributed by atoms with Crippen LogP contribution in [-0.2, 0) is 27.4 Å². The Morgan fingerprint density at radius 3 is 2.45 bits per heavy atom. The van der Waals surface area contributed by atoms with Crippen molar-refractivity contribution in [2.75, 3.05) is 26.7 Å². The second-order valence-corrected chi connectivity index (χ2v) is 11.7. The molecule has 1 aliphatic heterocycles. The highest BCUT2D eigenvalue weighted by atomic mass is 16.7. The molecule has 0 aromatic heterocycles. The van der Waals surface area contributed by atoms with Gasteiger partial charge in [0.2, 0.25) is 0 Å². The number of aliphatic hydroxyl groups excluding tert-OH is 2. The van der Waals surface area contributed by atoms with E-state index in [1.807, 2.05) is 84.7 Å². The third kappa shape index (κ3) is 9.51. The lowest BCUT2D eigenvalue weighted by Gasteiger charge is -2.38. The summed E-state index contributed by atoms with van der Waals surface area (Å²) in [6.45, 7) is 4.94. The first-order valence-corrected chi connectivity index (χ1v) is 15.7. The van der Waals surface area contributed by atoms with Crippen LogP contribution in [0.25, 0.3) is 11.1 Å². The Bertz CT molecular complexity index is 1610. The fraction of sp³-hybridized carbons (Fsp3) is 0.289. The molecule has 0 spiro atoms. The second-order valence-electron chi connectivity index (χ2n) is 11.7. The van der Waals surface area contributed by atoms with Gasteiger partial charge in [-0.05, 0) is 58.6 Å². The van der Waals surface area contributed by atoms with E-state index >= 15 is 0 Å². The van der Waals surface area contributed by atoms with Crippen molar-refractivity contribution in [3.63, 3.8) is 0 Å². The van der Waals surface area contributed by atoms with Gasteiger partial charge in [0.15, 0.2) is 6.29 Å². The SMILES string of the molecule is C=CCOC(=O)NCc1cccc(-c2ccc([C@@H]3O[C@H](CN(C)C[C@@H](O)c4cccc(O)c4)C[C@H](c4ccc(CO)cc4)O3)cc2)c1. The van der Waals surface area contributed by atoms with Crippen molar-refractivity contribution in [1.29, 1.82) is 0 Å². The molecule has 1 amide bonds. The van der Waals surface area contributed by atoms with Gasteiger partial charge >= 0.3 is 6.09 Å². The van der Waals surface area contributed by atoms with Crippen molar-refractivity contribution in [3.05, 3.63) is 138 Å². The number of nitrogens with one attached hydrogen (secondary N) is 1. The van der Waals surface area contributed by atoms with Gasteiger partial charge in [0, 0.05) is 31.6 Å². The minimum Gasteiger partial charge on any atom is -0.508 e. The number of carbonyl (C=O) groups excluding carboxylic acids is 1. The van der Waals surface area contributed by atoms with Gasteiger partial charge < -0.3 is 39.7 Å². The highest BCUT2D eigenvalue weighted by Crippen LogP contribution is 2.38. The number of hydrogen-bond donors (Lipinski definition) is 4. The van der Waals surface area contributed by atoms with E-state index in [4.69, 9.17) is 14.2 Å². The number of likely N-dealkylation sites (N-methyl/N-ethyl adjacent to an activating group) is 1. The lowest BCUT2D eigenvalue weighted by molar-refractivity contribution is -0.252. The van der Waals surface area contributed by atoms with Crippen molar-refractivity contribution in [2.24, 2.45) is 0 Å². The molecule has 0 saturated carbocycles. The van der Waals surface area contributed by atoms with Crippen LogP contribution >= 0.6 is 0 Å². The molecule has 1 heterocycles. The first-order chi connectivity index (χ1) is 22.8. The Hall–Kier alpha value is -4.51. The summed E-state index contributed by atoms with van der Waals surface area (Å²) in [4.78, 5) is 13.8. The van der Waals surface area contributed by atoms with E-state index in [1.54, 1.807) is 24.3 Å². The molecule has 0 unspecified atom stereocenters. The zero-order valence-corrected chi connectivity index (χ0v) is 26.5. The van der Waals surface area contributed by atoms with Crippen LogP contribution in [0.15, 0.2) is 110 Å². The molecule has 4 N–H and O–H groups in total. The maximum atomic E-state index is 11.8. The lowest BCUT2D eigenvalue weighted by Crippen LogP contribution is -2.39. The van der Waals surface area contributed by atoms with Crippen LogP contribution in [0, 0.1) is 0 Å². The van der Waals surface area contributed by atoms with Crippen LogP contribution in [0.4, 0.5) is 4.79 Å². The van der Waals surface area contributed by atoms with Crippen molar-refractivity contribution >= 4 is 6.09 Å². The number of ether oxygens (including phenoxy) is 3. The van der Waals surface area contributed by atoms with Gasteiger partial charge in [-0.2, -0.15) is 0 Å². The van der Waals surface area contributed by atoms with Crippen molar-refractivity contribution < 1.29 is 34.3 Å². The van der Waals surface area contributed by atoms with Gasteiger partial charge in [0.25, 0.3) is 0 Å². The number of hydrogen-bond acceptors (Lipinski definition) is 8. The molecular weight excluding hydrogens is 596 g/mol. The third-order valence-electron chi connectivity index (χ3n) is 8.08. The number of phenols is 1. The summed E-state index contributed by atoms with van der Waals surface area (Å²) >= 11 is 0. The van der Waals surface area contributed by atoms with E-state index in [2.05, 4.69) is 11.9 Å². The normalized spacial score (nSPS) is 18.4. The number of carbonyl (C=O) groups is 1. The first-order valence-electron chi connectivity index (χ1n) is 15.7. The van der Waals surface area contributed by atoms with E-state index in [9.17, 15) is 20.1 Å².